The third-order valence-electron chi connectivity index (χ3n) is 2.36. The molecule has 92 valence electrons. The standard InChI is InChI=1S/C13H17NO2S/c1-9(2)8-14(3)10-6-5-7-11(17-4)12(10)13(15)16/h5-7H,1,8H2,2-4H3,(H,15,16). The molecule has 0 aromatic heterocycles. The molecule has 0 atom stereocenters. The number of carboxylic acids is 1. The second-order valence-electron chi connectivity index (χ2n) is 3.97. The molecule has 0 fully saturated rings. The van der Waals surface area contributed by atoms with Gasteiger partial charge >= 0.3 is 5.97 Å². The van der Waals surface area contributed by atoms with E-state index in [0.717, 1.165) is 16.2 Å². The van der Waals surface area contributed by atoms with E-state index < -0.39 is 5.97 Å². The molecule has 0 spiro atoms. The molecule has 0 bridgehead atoms. The highest BCUT2D eigenvalue weighted by atomic mass is 32.2. The second-order valence-corrected chi connectivity index (χ2v) is 4.82. The average Bonchev–Trinajstić information content (AvgIpc) is 2.26. The molecule has 1 N–H and O–H groups in total. The minimum absolute atomic E-state index is 0.365. The number of anilines is 1. The minimum atomic E-state index is -0.890. The van der Waals surface area contributed by atoms with Crippen molar-refractivity contribution in [1.29, 1.82) is 0 Å². The Kier molecular flexibility index (Phi) is 4.63. The number of aromatic carboxylic acids is 1. The normalized spacial score (nSPS) is 10.1. The highest BCUT2D eigenvalue weighted by molar-refractivity contribution is 7.98. The molecule has 0 aliphatic carbocycles. The van der Waals surface area contributed by atoms with E-state index in [-0.39, 0.29) is 0 Å². The minimum Gasteiger partial charge on any atom is -0.478 e. The lowest BCUT2D eigenvalue weighted by atomic mass is 10.1. The highest BCUT2D eigenvalue weighted by Gasteiger charge is 2.17. The van der Waals surface area contributed by atoms with Gasteiger partial charge in [0.1, 0.15) is 0 Å². The quantitative estimate of drug-likeness (QED) is 0.645. The van der Waals surface area contributed by atoms with E-state index in [1.54, 1.807) is 0 Å². The van der Waals surface area contributed by atoms with E-state index in [1.807, 2.05) is 43.3 Å². The predicted octanol–water partition coefficient (Wildman–Crippen LogP) is 3.12. The number of benzene rings is 1. The maximum Gasteiger partial charge on any atom is 0.338 e. The molecule has 0 unspecified atom stereocenters. The summed E-state index contributed by atoms with van der Waals surface area (Å²) in [6, 6.07) is 5.53. The smallest absolute Gasteiger partial charge is 0.338 e. The van der Waals surface area contributed by atoms with Crippen LogP contribution in [0.2, 0.25) is 0 Å². The number of thioether (sulfide) groups is 1. The number of nitrogens with zero attached hydrogens (tertiary/aromatic N) is 1. The molecule has 0 saturated carbocycles. The van der Waals surface area contributed by atoms with Crippen molar-refractivity contribution in [3.8, 4) is 0 Å². The van der Waals surface area contributed by atoms with Crippen LogP contribution in [0.15, 0.2) is 35.2 Å². The molecule has 0 aliphatic rings. The first kappa shape index (κ1) is 13.6. The van der Waals surface area contributed by atoms with Gasteiger partial charge < -0.3 is 10.0 Å². The average molecular weight is 251 g/mol. The van der Waals surface area contributed by atoms with Gasteiger partial charge in [-0.2, -0.15) is 0 Å². The van der Waals surface area contributed by atoms with Crippen molar-refractivity contribution in [2.24, 2.45) is 0 Å². The molecule has 0 heterocycles. The first-order chi connectivity index (χ1) is 7.97. The van der Waals surface area contributed by atoms with Crippen molar-refractivity contribution in [1.82, 2.24) is 0 Å². The molecule has 1 rings (SSSR count). The number of hydrogen-bond donors (Lipinski definition) is 1. The molecular weight excluding hydrogens is 234 g/mol. The van der Waals surface area contributed by atoms with E-state index in [1.165, 1.54) is 11.8 Å². The van der Waals surface area contributed by atoms with Crippen LogP contribution in [0.3, 0.4) is 0 Å². The maximum atomic E-state index is 11.3. The van der Waals surface area contributed by atoms with Crippen molar-refractivity contribution in [3.63, 3.8) is 0 Å². The van der Waals surface area contributed by atoms with Gasteiger partial charge in [0.15, 0.2) is 0 Å². The molecular formula is C13H17NO2S. The van der Waals surface area contributed by atoms with Gasteiger partial charge in [0.25, 0.3) is 0 Å². The lowest BCUT2D eigenvalue weighted by Crippen LogP contribution is -2.22. The Morgan fingerprint density at radius 3 is 2.65 bits per heavy atom. The van der Waals surface area contributed by atoms with Gasteiger partial charge in [-0.1, -0.05) is 18.2 Å². The summed E-state index contributed by atoms with van der Waals surface area (Å²) >= 11 is 1.44. The lowest BCUT2D eigenvalue weighted by Gasteiger charge is -2.22. The monoisotopic (exact) mass is 251 g/mol. The van der Waals surface area contributed by atoms with E-state index in [2.05, 4.69) is 6.58 Å². The van der Waals surface area contributed by atoms with E-state index in [4.69, 9.17) is 0 Å². The highest BCUT2D eigenvalue weighted by Crippen LogP contribution is 2.29. The van der Waals surface area contributed by atoms with Gasteiger partial charge in [-0.25, -0.2) is 4.79 Å². The maximum absolute atomic E-state index is 11.3. The first-order valence-corrected chi connectivity index (χ1v) is 6.45. The Balaban J connectivity index is 3.22. The summed E-state index contributed by atoms with van der Waals surface area (Å²) in [4.78, 5) is 14.0. The van der Waals surface area contributed by atoms with Crippen molar-refractivity contribution >= 4 is 23.4 Å². The third kappa shape index (κ3) is 3.27. The topological polar surface area (TPSA) is 40.5 Å². The molecule has 17 heavy (non-hydrogen) atoms. The van der Waals surface area contributed by atoms with Crippen molar-refractivity contribution in [2.75, 3.05) is 24.7 Å². The summed E-state index contributed by atoms with van der Waals surface area (Å²) in [5.41, 5.74) is 2.09. The Labute approximate surface area is 106 Å². The SMILES string of the molecule is C=C(C)CN(C)c1cccc(SC)c1C(=O)O. The fraction of sp³-hybridized carbons (Fsp3) is 0.308. The number of carbonyl (C=O) groups is 1. The zero-order valence-corrected chi connectivity index (χ0v) is 11.2. The lowest BCUT2D eigenvalue weighted by molar-refractivity contribution is 0.0694. The zero-order valence-electron chi connectivity index (χ0n) is 10.4. The van der Waals surface area contributed by atoms with E-state index in [0.29, 0.717) is 12.1 Å². The van der Waals surface area contributed by atoms with E-state index in [9.17, 15) is 9.90 Å². The zero-order chi connectivity index (χ0) is 13.0. The van der Waals surface area contributed by atoms with Crippen molar-refractivity contribution in [2.45, 2.75) is 11.8 Å². The van der Waals surface area contributed by atoms with Gasteiger partial charge in [-0.3, -0.25) is 0 Å². The summed E-state index contributed by atoms with van der Waals surface area (Å²) in [5, 5.41) is 9.30. The summed E-state index contributed by atoms with van der Waals surface area (Å²) < 4.78 is 0. The molecule has 3 nitrogen and oxygen atoms in total. The predicted molar refractivity (Wildman–Crippen MR) is 73.3 cm³/mol. The van der Waals surface area contributed by atoms with Gasteiger partial charge in [-0.05, 0) is 25.3 Å². The first-order valence-electron chi connectivity index (χ1n) is 5.23. The Morgan fingerprint density at radius 1 is 1.53 bits per heavy atom. The van der Waals surface area contributed by atoms with Crippen molar-refractivity contribution < 1.29 is 9.90 Å². The van der Waals surface area contributed by atoms with Gasteiger partial charge in [-0.15, -0.1) is 11.8 Å². The Morgan fingerprint density at radius 2 is 2.18 bits per heavy atom. The van der Waals surface area contributed by atoms with Crippen molar-refractivity contribution in [3.05, 3.63) is 35.9 Å². The van der Waals surface area contributed by atoms with Crippen LogP contribution < -0.4 is 4.90 Å². The van der Waals surface area contributed by atoms with Crippen LogP contribution in [0.25, 0.3) is 0 Å². The van der Waals surface area contributed by atoms with Crippen LogP contribution in [0.1, 0.15) is 17.3 Å². The summed E-state index contributed by atoms with van der Waals surface area (Å²) in [6.07, 6.45) is 1.88. The summed E-state index contributed by atoms with van der Waals surface area (Å²) in [6.45, 7) is 6.42. The largest absolute Gasteiger partial charge is 0.478 e. The number of likely N-dealkylation sites (N-methyl/N-ethyl adjacent to an activating group) is 1. The summed E-state index contributed by atoms with van der Waals surface area (Å²) in [5.74, 6) is -0.890. The van der Waals surface area contributed by atoms with Crippen LogP contribution in [-0.4, -0.2) is 30.9 Å². The number of rotatable bonds is 5. The van der Waals surface area contributed by atoms with E-state index >= 15 is 0 Å². The van der Waals surface area contributed by atoms with Crippen LogP contribution in [0.5, 0.6) is 0 Å². The second kappa shape index (κ2) is 5.77. The Hall–Kier alpha value is -1.42. The molecule has 1 aromatic carbocycles. The fourth-order valence-corrected chi connectivity index (χ4v) is 2.32. The molecule has 0 radical (unpaired) electrons. The summed E-state index contributed by atoms with van der Waals surface area (Å²) in [7, 11) is 1.88. The van der Waals surface area contributed by atoms with Crippen LogP contribution in [0.4, 0.5) is 5.69 Å². The van der Waals surface area contributed by atoms with Crippen LogP contribution >= 0.6 is 11.8 Å². The van der Waals surface area contributed by atoms with Gasteiger partial charge in [0.2, 0.25) is 0 Å². The molecule has 0 aliphatic heterocycles. The van der Waals surface area contributed by atoms with Crippen LogP contribution in [0, 0.1) is 0 Å². The third-order valence-corrected chi connectivity index (χ3v) is 3.14. The molecule has 4 heteroatoms. The number of carboxylic acid groups (broad SMARTS) is 1. The number of hydrogen-bond acceptors (Lipinski definition) is 3. The van der Waals surface area contributed by atoms with Gasteiger partial charge in [0.05, 0.1) is 11.3 Å². The Bertz CT molecular complexity index is 443. The molecule has 0 saturated heterocycles. The van der Waals surface area contributed by atoms with Gasteiger partial charge in [0, 0.05) is 18.5 Å². The fourth-order valence-electron chi connectivity index (χ4n) is 1.71. The van der Waals surface area contributed by atoms with Crippen LogP contribution in [-0.2, 0) is 0 Å². The molecule has 0 amide bonds. The molecule has 1 aromatic rings.